The zero-order valence-corrected chi connectivity index (χ0v) is 12.6. The zero-order valence-electron chi connectivity index (χ0n) is 11.0. The number of carbonyl (C=O) groups excluding carboxylic acids is 1. The summed E-state index contributed by atoms with van der Waals surface area (Å²) in [6.07, 6.45) is 1.20. The van der Waals surface area contributed by atoms with Gasteiger partial charge in [-0.3, -0.25) is 4.79 Å². The van der Waals surface area contributed by atoms with Gasteiger partial charge in [-0.25, -0.2) is 8.42 Å². The molecule has 6 heteroatoms. The largest absolute Gasteiger partial charge is 0.310 e. The second kappa shape index (κ2) is 5.54. The van der Waals surface area contributed by atoms with E-state index in [1.807, 2.05) is 24.3 Å². The number of hydrogen-bond donors (Lipinski definition) is 0. The van der Waals surface area contributed by atoms with E-state index in [1.54, 1.807) is 16.7 Å². The minimum atomic E-state index is -3.10. The third-order valence-corrected chi connectivity index (χ3v) is 5.01. The normalized spacial score (nSPS) is 19.1. The number of fused-ring (bicyclic) bond motifs is 1. The highest BCUT2D eigenvalue weighted by atomic mass is 32.2. The maximum absolute atomic E-state index is 12.2. The lowest BCUT2D eigenvalue weighted by Gasteiger charge is -2.32. The quantitative estimate of drug-likeness (QED) is 0.856. The van der Waals surface area contributed by atoms with Crippen molar-refractivity contribution in [3.05, 3.63) is 24.3 Å². The van der Waals surface area contributed by atoms with Crippen LogP contribution in [-0.4, -0.2) is 38.1 Å². The molecule has 104 valence electrons. The SMILES string of the molecule is C[C@H]1CN(C(=O)CCS(C)(=O)=O)c2ccccc2S1. The molecular formula is C13H17NO3S2. The summed E-state index contributed by atoms with van der Waals surface area (Å²) in [5.74, 6) is -0.212. The van der Waals surface area contributed by atoms with E-state index in [0.29, 0.717) is 11.8 Å². The van der Waals surface area contributed by atoms with Gasteiger partial charge in [0.15, 0.2) is 0 Å². The Hall–Kier alpha value is -1.01. The van der Waals surface area contributed by atoms with Crippen molar-refractivity contribution < 1.29 is 13.2 Å². The van der Waals surface area contributed by atoms with Crippen LogP contribution < -0.4 is 4.90 Å². The van der Waals surface area contributed by atoms with Crippen LogP contribution in [0.25, 0.3) is 0 Å². The lowest BCUT2D eigenvalue weighted by atomic mass is 10.2. The Bertz CT molecular complexity index is 583. The van der Waals surface area contributed by atoms with E-state index < -0.39 is 9.84 Å². The van der Waals surface area contributed by atoms with Gasteiger partial charge in [-0.05, 0) is 12.1 Å². The Morgan fingerprint density at radius 1 is 1.42 bits per heavy atom. The van der Waals surface area contributed by atoms with E-state index >= 15 is 0 Å². The van der Waals surface area contributed by atoms with Gasteiger partial charge in [0.2, 0.25) is 5.91 Å². The number of nitrogens with zero attached hydrogens (tertiary/aromatic N) is 1. The average molecular weight is 299 g/mol. The maximum Gasteiger partial charge on any atom is 0.228 e. The molecule has 0 fully saturated rings. The summed E-state index contributed by atoms with van der Waals surface area (Å²) >= 11 is 1.74. The summed E-state index contributed by atoms with van der Waals surface area (Å²) < 4.78 is 22.3. The number of para-hydroxylation sites is 1. The summed E-state index contributed by atoms with van der Waals surface area (Å²) in [5.41, 5.74) is 0.893. The molecule has 0 saturated heterocycles. The second-order valence-electron chi connectivity index (χ2n) is 4.78. The van der Waals surface area contributed by atoms with Crippen LogP contribution in [-0.2, 0) is 14.6 Å². The number of carbonyl (C=O) groups is 1. The van der Waals surface area contributed by atoms with Crippen molar-refractivity contribution in [3.63, 3.8) is 0 Å². The van der Waals surface area contributed by atoms with Gasteiger partial charge in [-0.15, -0.1) is 11.8 Å². The lowest BCUT2D eigenvalue weighted by Crippen LogP contribution is -2.39. The molecule has 0 saturated carbocycles. The number of sulfone groups is 1. The zero-order chi connectivity index (χ0) is 14.0. The van der Waals surface area contributed by atoms with Crippen molar-refractivity contribution in [2.75, 3.05) is 23.5 Å². The van der Waals surface area contributed by atoms with Crippen molar-refractivity contribution in [1.82, 2.24) is 0 Å². The van der Waals surface area contributed by atoms with Crippen LogP contribution >= 0.6 is 11.8 Å². The van der Waals surface area contributed by atoms with Crippen LogP contribution in [0.2, 0.25) is 0 Å². The van der Waals surface area contributed by atoms with Crippen molar-refractivity contribution >= 4 is 33.2 Å². The molecule has 1 aromatic rings. The molecule has 2 rings (SSSR count). The predicted molar refractivity (Wildman–Crippen MR) is 78.4 cm³/mol. The Kier molecular flexibility index (Phi) is 4.20. The molecule has 1 aromatic carbocycles. The molecule has 1 atom stereocenters. The fourth-order valence-electron chi connectivity index (χ4n) is 2.03. The molecule has 1 aliphatic heterocycles. The van der Waals surface area contributed by atoms with Gasteiger partial charge in [0.25, 0.3) is 0 Å². The van der Waals surface area contributed by atoms with Crippen molar-refractivity contribution in [3.8, 4) is 0 Å². The molecule has 0 aromatic heterocycles. The third-order valence-electron chi connectivity index (χ3n) is 2.91. The highest BCUT2D eigenvalue weighted by molar-refractivity contribution is 8.00. The first-order valence-electron chi connectivity index (χ1n) is 6.10. The molecule has 0 aliphatic carbocycles. The summed E-state index contributed by atoms with van der Waals surface area (Å²) in [5, 5.41) is 0.317. The van der Waals surface area contributed by atoms with Crippen molar-refractivity contribution in [2.24, 2.45) is 0 Å². The summed E-state index contributed by atoms with van der Waals surface area (Å²) in [6, 6.07) is 7.74. The second-order valence-corrected chi connectivity index (χ2v) is 8.52. The minimum Gasteiger partial charge on any atom is -0.310 e. The maximum atomic E-state index is 12.2. The van der Waals surface area contributed by atoms with Crippen LogP contribution in [0.5, 0.6) is 0 Å². The van der Waals surface area contributed by atoms with Crippen LogP contribution in [0.1, 0.15) is 13.3 Å². The topological polar surface area (TPSA) is 54.5 Å². The molecule has 0 bridgehead atoms. The third kappa shape index (κ3) is 3.73. The van der Waals surface area contributed by atoms with Gasteiger partial charge in [0.1, 0.15) is 9.84 Å². The molecule has 0 N–H and O–H groups in total. The molecule has 4 nitrogen and oxygen atoms in total. The number of benzene rings is 1. The van der Waals surface area contributed by atoms with Gasteiger partial charge in [-0.1, -0.05) is 19.1 Å². The monoisotopic (exact) mass is 299 g/mol. The van der Waals surface area contributed by atoms with E-state index in [9.17, 15) is 13.2 Å². The first-order valence-corrected chi connectivity index (χ1v) is 9.04. The number of rotatable bonds is 3. The van der Waals surface area contributed by atoms with Crippen LogP contribution in [0, 0.1) is 0 Å². The first kappa shape index (κ1) is 14.4. The molecule has 1 aliphatic rings. The molecule has 0 radical (unpaired) electrons. The number of thioether (sulfide) groups is 1. The predicted octanol–water partition coefficient (Wildman–Crippen LogP) is 1.95. The molecule has 1 heterocycles. The van der Waals surface area contributed by atoms with Crippen LogP contribution in [0.15, 0.2) is 29.2 Å². The van der Waals surface area contributed by atoms with Crippen LogP contribution in [0.3, 0.4) is 0 Å². The Labute approximate surface area is 118 Å². The molecular weight excluding hydrogens is 282 g/mol. The minimum absolute atomic E-state index is 0.0462. The fourth-order valence-corrected chi connectivity index (χ4v) is 3.69. The van der Waals surface area contributed by atoms with Crippen molar-refractivity contribution in [1.29, 1.82) is 0 Å². The van der Waals surface area contributed by atoms with E-state index in [4.69, 9.17) is 0 Å². The highest BCUT2D eigenvalue weighted by Gasteiger charge is 2.26. The first-order chi connectivity index (χ1) is 8.87. The van der Waals surface area contributed by atoms with Crippen LogP contribution in [0.4, 0.5) is 5.69 Å². The van der Waals surface area contributed by atoms with Crippen molar-refractivity contribution in [2.45, 2.75) is 23.5 Å². The van der Waals surface area contributed by atoms with Gasteiger partial charge in [-0.2, -0.15) is 0 Å². The van der Waals surface area contributed by atoms with E-state index in [-0.39, 0.29) is 18.1 Å². The fraction of sp³-hybridized carbons (Fsp3) is 0.462. The summed E-state index contributed by atoms with van der Waals surface area (Å²) in [7, 11) is -3.10. The highest BCUT2D eigenvalue weighted by Crippen LogP contribution is 2.38. The average Bonchev–Trinajstić information content (AvgIpc) is 2.34. The Morgan fingerprint density at radius 2 is 2.11 bits per heavy atom. The number of anilines is 1. The van der Waals surface area contributed by atoms with E-state index in [2.05, 4.69) is 6.92 Å². The van der Waals surface area contributed by atoms with Gasteiger partial charge < -0.3 is 4.90 Å². The summed E-state index contributed by atoms with van der Waals surface area (Å²) in [6.45, 7) is 2.70. The molecule has 1 amide bonds. The van der Waals surface area contributed by atoms with E-state index in [0.717, 1.165) is 16.8 Å². The van der Waals surface area contributed by atoms with E-state index in [1.165, 1.54) is 0 Å². The molecule has 0 unspecified atom stereocenters. The smallest absolute Gasteiger partial charge is 0.228 e. The van der Waals surface area contributed by atoms with Gasteiger partial charge >= 0.3 is 0 Å². The Morgan fingerprint density at radius 3 is 2.79 bits per heavy atom. The van der Waals surface area contributed by atoms with Gasteiger partial charge in [0.05, 0.1) is 11.4 Å². The Balaban J connectivity index is 2.18. The lowest BCUT2D eigenvalue weighted by molar-refractivity contribution is -0.118. The summed E-state index contributed by atoms with van der Waals surface area (Å²) in [4.78, 5) is 15.0. The number of hydrogen-bond acceptors (Lipinski definition) is 4. The molecule has 19 heavy (non-hydrogen) atoms. The standard InChI is InChI=1S/C13H17NO3S2/c1-10-9-14(13(15)7-8-19(2,16)17)11-5-3-4-6-12(11)18-10/h3-6,10H,7-9H2,1-2H3/t10-/m0/s1. The van der Waals surface area contributed by atoms with Gasteiger partial charge in [0, 0.05) is 29.4 Å². The molecule has 0 spiro atoms. The number of amides is 1.